The zero-order valence-electron chi connectivity index (χ0n) is 25.0. The summed E-state index contributed by atoms with van der Waals surface area (Å²) in [6.07, 6.45) is 18.9. The molecule has 1 aliphatic rings. The van der Waals surface area contributed by atoms with Crippen LogP contribution in [-0.2, 0) is 20.3 Å². The third-order valence-electron chi connectivity index (χ3n) is 8.16. The number of unbranched alkanes of at least 4 members (excludes halogenated alkanes) is 1. The van der Waals surface area contributed by atoms with Gasteiger partial charge in [-0.25, -0.2) is 0 Å². The number of esters is 1. The molecule has 1 aromatic carbocycles. The van der Waals surface area contributed by atoms with Gasteiger partial charge in [0.25, 0.3) is 0 Å². The van der Waals surface area contributed by atoms with E-state index in [1.807, 2.05) is 52.0 Å². The molecule has 218 valence electrons. The number of hydrogen-bond donors (Lipinski definition) is 0. The van der Waals surface area contributed by atoms with E-state index >= 15 is 0 Å². The van der Waals surface area contributed by atoms with Gasteiger partial charge in [0, 0.05) is 10.3 Å². The van der Waals surface area contributed by atoms with Crippen LogP contribution in [0.25, 0.3) is 0 Å². The molecule has 1 saturated carbocycles. The van der Waals surface area contributed by atoms with Crippen LogP contribution in [0.5, 0.6) is 0 Å². The maximum absolute atomic E-state index is 14.1. The second kappa shape index (κ2) is 17.1. The molecule has 5 heteroatoms. The smallest absolute Gasteiger partial charge is 0.310 e. The van der Waals surface area contributed by atoms with Crippen LogP contribution in [0.1, 0.15) is 142 Å². The van der Waals surface area contributed by atoms with Crippen molar-refractivity contribution in [1.29, 1.82) is 0 Å². The number of benzene rings is 1. The van der Waals surface area contributed by atoms with Crippen LogP contribution in [-0.4, -0.2) is 20.5 Å². The standard InChI is InChI=1S/C33H55ClO3S/c1-6-7-20-29(30(35)37-32(3,4)5)33(31(34)38(36)28-23-21-27(2)22-24-28)25-18-16-14-12-10-8-9-11-13-15-17-19-26-33/h21-24,29,31H,6-20,25-26H2,1-5H3/t29-,31?,38?/m0/s1. The van der Waals surface area contributed by atoms with Gasteiger partial charge < -0.3 is 4.74 Å². The lowest BCUT2D eigenvalue weighted by molar-refractivity contribution is -0.166. The number of halogens is 1. The van der Waals surface area contributed by atoms with E-state index in [9.17, 15) is 9.00 Å². The van der Waals surface area contributed by atoms with E-state index in [1.54, 1.807) is 0 Å². The highest BCUT2D eigenvalue weighted by molar-refractivity contribution is 7.87. The van der Waals surface area contributed by atoms with E-state index in [0.29, 0.717) is 0 Å². The molecule has 0 N–H and O–H groups in total. The molecule has 3 nitrogen and oxygen atoms in total. The van der Waals surface area contributed by atoms with Crippen molar-refractivity contribution in [3.8, 4) is 0 Å². The van der Waals surface area contributed by atoms with Crippen molar-refractivity contribution in [3.05, 3.63) is 29.8 Å². The van der Waals surface area contributed by atoms with Crippen molar-refractivity contribution in [3.63, 3.8) is 0 Å². The summed E-state index contributed by atoms with van der Waals surface area (Å²) in [4.78, 5) is 14.7. The number of hydrogen-bond acceptors (Lipinski definition) is 3. The Bertz CT molecular complexity index is 814. The Kier molecular flexibility index (Phi) is 15.0. The Balaban J connectivity index is 2.51. The highest BCUT2D eigenvalue weighted by atomic mass is 35.5. The summed E-state index contributed by atoms with van der Waals surface area (Å²) in [5, 5.41) is 0. The number of alkyl halides is 1. The van der Waals surface area contributed by atoms with Gasteiger partial charge in [-0.2, -0.15) is 0 Å². The topological polar surface area (TPSA) is 43.4 Å². The highest BCUT2D eigenvalue weighted by Crippen LogP contribution is 2.50. The fourth-order valence-corrected chi connectivity index (χ4v) is 8.11. The summed E-state index contributed by atoms with van der Waals surface area (Å²) in [7, 11) is -1.42. The Hall–Kier alpha value is -0.870. The summed E-state index contributed by atoms with van der Waals surface area (Å²) < 4.78 is 19.5. The number of rotatable bonds is 8. The van der Waals surface area contributed by atoms with Crippen molar-refractivity contribution < 1.29 is 13.7 Å². The average molecular weight is 567 g/mol. The normalized spacial score (nSPS) is 20.9. The average Bonchev–Trinajstić information content (AvgIpc) is 2.87. The van der Waals surface area contributed by atoms with Gasteiger partial charge >= 0.3 is 5.97 Å². The van der Waals surface area contributed by atoms with E-state index in [-0.39, 0.29) is 11.9 Å². The molecule has 2 unspecified atom stereocenters. The van der Waals surface area contributed by atoms with Gasteiger partial charge in [-0.1, -0.05) is 115 Å². The van der Waals surface area contributed by atoms with Crippen LogP contribution in [0, 0.1) is 18.3 Å². The monoisotopic (exact) mass is 566 g/mol. The molecule has 0 aliphatic heterocycles. The predicted octanol–water partition coefficient (Wildman–Crippen LogP) is 10.3. The summed E-state index contributed by atoms with van der Waals surface area (Å²) >= 11 is 7.40. The van der Waals surface area contributed by atoms with Gasteiger partial charge in [0.2, 0.25) is 0 Å². The van der Waals surface area contributed by atoms with Crippen LogP contribution in [0.4, 0.5) is 0 Å². The Morgan fingerprint density at radius 1 is 0.895 bits per heavy atom. The van der Waals surface area contributed by atoms with Gasteiger partial charge in [0.05, 0.1) is 16.7 Å². The Morgan fingerprint density at radius 3 is 1.76 bits per heavy atom. The minimum Gasteiger partial charge on any atom is -0.460 e. The highest BCUT2D eigenvalue weighted by Gasteiger charge is 2.50. The molecule has 1 aliphatic carbocycles. The van der Waals surface area contributed by atoms with E-state index in [4.69, 9.17) is 16.3 Å². The first-order chi connectivity index (χ1) is 18.1. The molecule has 2 rings (SSSR count). The molecule has 0 spiro atoms. The fraction of sp³-hybridized carbons (Fsp3) is 0.788. The molecule has 38 heavy (non-hydrogen) atoms. The van der Waals surface area contributed by atoms with Crippen molar-refractivity contribution in [2.24, 2.45) is 11.3 Å². The molecule has 0 radical (unpaired) electrons. The van der Waals surface area contributed by atoms with Gasteiger partial charge in [0.1, 0.15) is 10.3 Å². The van der Waals surface area contributed by atoms with E-state index in [1.165, 1.54) is 51.4 Å². The van der Waals surface area contributed by atoms with Crippen molar-refractivity contribution in [2.75, 3.05) is 0 Å². The van der Waals surface area contributed by atoms with Crippen molar-refractivity contribution in [1.82, 2.24) is 0 Å². The summed E-state index contributed by atoms with van der Waals surface area (Å²) in [5.74, 6) is -0.510. The second-order valence-electron chi connectivity index (χ2n) is 12.6. The maximum atomic E-state index is 14.1. The van der Waals surface area contributed by atoms with Gasteiger partial charge in [-0.05, 0) is 59.1 Å². The summed E-state index contributed by atoms with van der Waals surface area (Å²) in [6, 6.07) is 7.88. The lowest BCUT2D eigenvalue weighted by Gasteiger charge is -2.44. The first-order valence-electron chi connectivity index (χ1n) is 15.4. The number of ether oxygens (including phenoxy) is 1. The van der Waals surface area contributed by atoms with Crippen LogP contribution < -0.4 is 0 Å². The lowest BCUT2D eigenvalue weighted by Crippen LogP contribution is -2.47. The van der Waals surface area contributed by atoms with Gasteiger partial charge in [-0.15, -0.1) is 11.6 Å². The van der Waals surface area contributed by atoms with Gasteiger partial charge in [-0.3, -0.25) is 9.00 Å². The molecule has 3 atom stereocenters. The number of carbonyl (C=O) groups excluding carboxylic acids is 1. The van der Waals surface area contributed by atoms with E-state index < -0.39 is 26.5 Å². The minimum atomic E-state index is -1.42. The molecule has 0 amide bonds. The van der Waals surface area contributed by atoms with Crippen molar-refractivity contribution in [2.45, 2.75) is 159 Å². The largest absolute Gasteiger partial charge is 0.460 e. The molecular formula is C33H55ClO3S. The zero-order valence-corrected chi connectivity index (χ0v) is 26.6. The third kappa shape index (κ3) is 11.0. The Labute approximate surface area is 241 Å². The second-order valence-corrected chi connectivity index (χ2v) is 14.9. The van der Waals surface area contributed by atoms with Crippen LogP contribution >= 0.6 is 11.6 Å². The molecular weight excluding hydrogens is 512 g/mol. The minimum absolute atomic E-state index is 0.157. The number of carbonyl (C=O) groups is 1. The molecule has 0 heterocycles. The Morgan fingerprint density at radius 2 is 1.34 bits per heavy atom. The summed E-state index contributed by atoms with van der Waals surface area (Å²) in [6.45, 7) is 10.0. The van der Waals surface area contributed by atoms with Crippen molar-refractivity contribution >= 4 is 28.4 Å². The van der Waals surface area contributed by atoms with Gasteiger partial charge in [0.15, 0.2) is 0 Å². The molecule has 1 fully saturated rings. The lowest BCUT2D eigenvalue weighted by atomic mass is 9.67. The van der Waals surface area contributed by atoms with Crippen LogP contribution in [0.15, 0.2) is 29.2 Å². The quantitative estimate of drug-likeness (QED) is 0.232. The maximum Gasteiger partial charge on any atom is 0.310 e. The molecule has 1 aromatic rings. The summed E-state index contributed by atoms with van der Waals surface area (Å²) in [5.41, 5.74) is 0.00480. The van der Waals surface area contributed by atoms with E-state index in [0.717, 1.165) is 68.2 Å². The first kappa shape index (κ1) is 33.3. The molecule has 0 bridgehead atoms. The van der Waals surface area contributed by atoms with E-state index in [2.05, 4.69) is 6.92 Å². The SMILES string of the molecule is CCCC[C@@H](C(=O)OC(C)(C)C)C1(C(Cl)S(=O)c2ccc(C)cc2)CCCCCCCCCCCCCC1. The zero-order chi connectivity index (χ0) is 28.0. The third-order valence-corrected chi connectivity index (χ3v) is 10.7. The predicted molar refractivity (Wildman–Crippen MR) is 163 cm³/mol. The first-order valence-corrected chi connectivity index (χ1v) is 17.1. The van der Waals surface area contributed by atoms with Crippen LogP contribution in [0.3, 0.4) is 0 Å². The fourth-order valence-electron chi connectivity index (χ4n) is 5.96. The molecule has 0 saturated heterocycles. The molecule has 0 aromatic heterocycles. The van der Waals surface area contributed by atoms with Crippen LogP contribution in [0.2, 0.25) is 0 Å². The number of aryl methyl sites for hydroxylation is 1.